The maximum absolute atomic E-state index is 12.1. The second kappa shape index (κ2) is 9.23. The first-order valence-electron chi connectivity index (χ1n) is 11.4. The molecule has 1 unspecified atom stereocenters. The van der Waals surface area contributed by atoms with E-state index in [-0.39, 0.29) is 13.3 Å². The monoisotopic (exact) mass is 380 g/mol. The van der Waals surface area contributed by atoms with Crippen LogP contribution in [0.2, 0.25) is 0 Å². The van der Waals surface area contributed by atoms with Gasteiger partial charge in [0.2, 0.25) is 5.91 Å². The van der Waals surface area contributed by atoms with Crippen LogP contribution in [0.5, 0.6) is 0 Å². The molecule has 2 aliphatic heterocycles. The highest BCUT2D eigenvalue weighted by atomic mass is 16.1. The van der Waals surface area contributed by atoms with Crippen LogP contribution in [0.15, 0.2) is 0 Å². The number of nitrogens with one attached hydrogen (secondary N) is 1. The molecule has 1 amide bonds. The first kappa shape index (κ1) is 21.1. The Balaban J connectivity index is 0.00000280. The predicted molar refractivity (Wildman–Crippen MR) is 114 cm³/mol. The molecule has 3 fully saturated rings. The molecule has 0 aromatic heterocycles. The fraction of sp³-hybridized carbons (Fsp3) is 0.955. The predicted octanol–water partition coefficient (Wildman–Crippen LogP) is 2.67. The molecule has 2 heterocycles. The molecule has 0 bridgehead atoms. The van der Waals surface area contributed by atoms with Crippen LogP contribution >= 0.6 is 0 Å². The van der Waals surface area contributed by atoms with Gasteiger partial charge in [-0.3, -0.25) is 9.69 Å². The van der Waals surface area contributed by atoms with Crippen molar-refractivity contribution in [2.24, 2.45) is 11.3 Å². The largest absolute Gasteiger partial charge is 0.353 e. The molecule has 3 rings (SSSR count). The van der Waals surface area contributed by atoms with Gasteiger partial charge in [-0.05, 0) is 77.5 Å². The Morgan fingerprint density at radius 2 is 1.56 bits per heavy atom. The molecule has 1 saturated carbocycles. The van der Waals surface area contributed by atoms with E-state index in [1.54, 1.807) is 0 Å². The highest BCUT2D eigenvalue weighted by molar-refractivity contribution is 5.78. The first-order valence-corrected chi connectivity index (χ1v) is 11.4. The maximum Gasteiger partial charge on any atom is 0.222 e. The summed E-state index contributed by atoms with van der Waals surface area (Å²) in [5, 5.41) is 3.32. The minimum absolute atomic E-state index is 0. The van der Waals surface area contributed by atoms with E-state index in [4.69, 9.17) is 0 Å². The number of piperazine rings is 1. The summed E-state index contributed by atoms with van der Waals surface area (Å²) in [7, 11) is 0. The summed E-state index contributed by atoms with van der Waals surface area (Å²) in [6, 6.07) is 1.13. The number of carbonyl (C=O) groups is 1. The van der Waals surface area contributed by atoms with Crippen LogP contribution in [0.4, 0.5) is 0 Å². The molecule has 1 spiro atoms. The summed E-state index contributed by atoms with van der Waals surface area (Å²) in [6.07, 6.45) is 6.32. The lowest BCUT2D eigenvalue weighted by atomic mass is 9.59. The summed E-state index contributed by atoms with van der Waals surface area (Å²) in [5.41, 5.74) is 0.411. The van der Waals surface area contributed by atoms with Crippen molar-refractivity contribution in [3.8, 4) is 0 Å². The summed E-state index contributed by atoms with van der Waals surface area (Å²) in [4.78, 5) is 20.0. The number of nitrogens with zero attached hydrogens (tertiary/aromatic N) is 3. The van der Waals surface area contributed by atoms with Crippen molar-refractivity contribution < 1.29 is 6.22 Å². The van der Waals surface area contributed by atoms with Crippen molar-refractivity contribution in [3.05, 3.63) is 0 Å². The zero-order valence-corrected chi connectivity index (χ0v) is 18.2. The molecule has 5 nitrogen and oxygen atoms in total. The third-order valence-electron chi connectivity index (χ3n) is 7.45. The van der Waals surface area contributed by atoms with Crippen molar-refractivity contribution >= 4 is 5.91 Å². The number of carbonyl (C=O) groups excluding carboxylic acids is 1. The Morgan fingerprint density at radius 1 is 0.963 bits per heavy atom. The summed E-state index contributed by atoms with van der Waals surface area (Å²) < 4.78 is 0. The molecule has 3 aliphatic rings. The lowest BCUT2D eigenvalue weighted by Gasteiger charge is -2.54. The van der Waals surface area contributed by atoms with Gasteiger partial charge in [-0.1, -0.05) is 13.8 Å². The minimum atomic E-state index is 0. The molecule has 0 aromatic rings. The molecule has 0 aromatic carbocycles. The quantitative estimate of drug-likeness (QED) is 0.737. The Morgan fingerprint density at radius 3 is 2.04 bits per heavy atom. The summed E-state index contributed by atoms with van der Waals surface area (Å²) in [5.74, 6) is 0.337. The molecule has 2 saturated heterocycles. The fourth-order valence-corrected chi connectivity index (χ4v) is 5.10. The second-order valence-corrected chi connectivity index (χ2v) is 9.78. The Kier molecular flexibility index (Phi) is 7.20. The fourth-order valence-electron chi connectivity index (χ4n) is 5.10. The summed E-state index contributed by atoms with van der Waals surface area (Å²) in [6.45, 7) is 18.4. The molecular formula is C22H44N4O. The van der Waals surface area contributed by atoms with Crippen LogP contribution in [0.3, 0.4) is 0 Å². The van der Waals surface area contributed by atoms with Gasteiger partial charge in [-0.25, -0.2) is 0 Å². The third kappa shape index (κ3) is 5.24. The van der Waals surface area contributed by atoms with E-state index in [9.17, 15) is 4.79 Å². The highest BCUT2D eigenvalue weighted by Crippen LogP contribution is 2.49. The lowest BCUT2D eigenvalue weighted by Crippen LogP contribution is -2.59. The van der Waals surface area contributed by atoms with Gasteiger partial charge in [-0.15, -0.1) is 0 Å². The number of piperidine rings is 1. The van der Waals surface area contributed by atoms with Crippen LogP contribution in [0.25, 0.3) is 0 Å². The number of likely N-dealkylation sites (tertiary alicyclic amines) is 1. The topological polar surface area (TPSA) is 38.8 Å². The Bertz CT molecular complexity index is 483. The number of hydrogen-bond donors (Lipinski definition) is 1. The zero-order chi connectivity index (χ0) is 19.4. The lowest BCUT2D eigenvalue weighted by molar-refractivity contribution is -0.128. The molecule has 1 N–H and O–H groups in total. The van der Waals surface area contributed by atoms with Gasteiger partial charge in [-0.2, -0.15) is 0 Å². The highest BCUT2D eigenvalue weighted by Gasteiger charge is 2.48. The number of rotatable bonds is 7. The van der Waals surface area contributed by atoms with E-state index < -0.39 is 0 Å². The van der Waals surface area contributed by atoms with Gasteiger partial charge < -0.3 is 15.1 Å². The number of amides is 1. The van der Waals surface area contributed by atoms with Crippen molar-refractivity contribution in [1.29, 1.82) is 0 Å². The molecule has 1 aliphatic carbocycles. The van der Waals surface area contributed by atoms with Crippen molar-refractivity contribution in [2.45, 2.75) is 71.9 Å². The molecular weight excluding hydrogens is 336 g/mol. The van der Waals surface area contributed by atoms with E-state index in [0.29, 0.717) is 17.5 Å². The Labute approximate surface area is 168 Å². The van der Waals surface area contributed by atoms with Gasteiger partial charge in [0.15, 0.2) is 0 Å². The van der Waals surface area contributed by atoms with Crippen molar-refractivity contribution in [2.75, 3.05) is 52.4 Å². The molecule has 27 heavy (non-hydrogen) atoms. The summed E-state index contributed by atoms with van der Waals surface area (Å²) >= 11 is 0. The second-order valence-electron chi connectivity index (χ2n) is 9.78. The van der Waals surface area contributed by atoms with Crippen LogP contribution in [-0.4, -0.2) is 85.0 Å². The maximum atomic E-state index is 12.1. The average molecular weight is 381 g/mol. The van der Waals surface area contributed by atoms with Crippen molar-refractivity contribution in [3.63, 3.8) is 0 Å². The van der Waals surface area contributed by atoms with E-state index in [2.05, 4.69) is 33.9 Å². The van der Waals surface area contributed by atoms with E-state index in [0.717, 1.165) is 0 Å². The van der Waals surface area contributed by atoms with Crippen LogP contribution < -0.4 is 5.32 Å². The standard InChI is InChI=1S/C22H42N4O.H2/c1-18(2)21(27)23-20-6-7-22(20)8-12-24(13-9-22)10-5-11-25-14-16-26(17-15-25)19(3)4;/h18-20H,5-17H2,1-4H3,(H,23,27);1H. The van der Waals surface area contributed by atoms with Crippen LogP contribution in [-0.2, 0) is 4.79 Å². The molecule has 1 atom stereocenters. The Hall–Kier alpha value is -0.650. The van der Waals surface area contributed by atoms with Crippen molar-refractivity contribution in [1.82, 2.24) is 20.0 Å². The van der Waals surface area contributed by atoms with Crippen LogP contribution in [0.1, 0.15) is 61.2 Å². The van der Waals surface area contributed by atoms with Gasteiger partial charge in [0.25, 0.3) is 0 Å². The first-order chi connectivity index (χ1) is 12.9. The molecule has 5 heteroatoms. The third-order valence-corrected chi connectivity index (χ3v) is 7.45. The normalized spacial score (nSPS) is 27.3. The van der Waals surface area contributed by atoms with E-state index in [1.807, 2.05) is 13.8 Å². The van der Waals surface area contributed by atoms with Gasteiger partial charge >= 0.3 is 0 Å². The smallest absolute Gasteiger partial charge is 0.222 e. The zero-order valence-electron chi connectivity index (χ0n) is 18.2. The number of hydrogen-bond acceptors (Lipinski definition) is 4. The molecule has 0 radical (unpaired) electrons. The average Bonchev–Trinajstić information content (AvgIpc) is 2.66. The van der Waals surface area contributed by atoms with E-state index in [1.165, 1.54) is 84.5 Å². The van der Waals surface area contributed by atoms with Gasteiger partial charge in [0.1, 0.15) is 0 Å². The molecule has 158 valence electrons. The minimum Gasteiger partial charge on any atom is -0.353 e. The SMILES string of the molecule is CC(C)C(=O)NC1CCC12CCN(CCCN1CCN(C(C)C)CC1)CC2.[HH]. The van der Waals surface area contributed by atoms with E-state index >= 15 is 0 Å². The van der Waals surface area contributed by atoms with Crippen LogP contribution in [0, 0.1) is 11.3 Å². The van der Waals surface area contributed by atoms with Gasteiger partial charge in [0.05, 0.1) is 0 Å². The van der Waals surface area contributed by atoms with Gasteiger partial charge in [0, 0.05) is 45.6 Å².